The molecule has 0 fully saturated rings. The Balaban J connectivity index is 1.43. The largest absolute Gasteiger partial charge is 0.711 e. The number of aliphatic carboxylic acids is 1. The summed E-state index contributed by atoms with van der Waals surface area (Å²) in [6.45, 7) is 2.99. The third kappa shape index (κ3) is 7.43. The number of aromatic nitrogens is 1. The number of nitrogens with one attached hydrogen (secondary N) is 1. The van der Waals surface area contributed by atoms with Crippen molar-refractivity contribution in [3.05, 3.63) is 93.8 Å². The van der Waals surface area contributed by atoms with Crippen LogP contribution in [-0.4, -0.2) is 35.0 Å². The van der Waals surface area contributed by atoms with Crippen molar-refractivity contribution >= 4 is 17.7 Å². The molecule has 1 unspecified atom stereocenters. The number of aryl methyl sites for hydroxylation is 1. The van der Waals surface area contributed by atoms with E-state index in [1.807, 2.05) is 19.1 Å². The smallest absolute Gasteiger partial charge is 0.416 e. The number of fused-ring (bicyclic) bond motifs is 1. The average Bonchev–Trinajstić information content (AvgIpc) is 3.01. The van der Waals surface area contributed by atoms with Crippen LogP contribution in [0.25, 0.3) is 0 Å². The van der Waals surface area contributed by atoms with Crippen LogP contribution in [0.4, 0.5) is 19.0 Å². The lowest BCUT2D eigenvalue weighted by Gasteiger charge is -2.24. The minimum Gasteiger partial charge on any atom is -0.711 e. The number of hydrogen-bond acceptors (Lipinski definition) is 5. The fourth-order valence-corrected chi connectivity index (χ4v) is 4.66. The summed E-state index contributed by atoms with van der Waals surface area (Å²) in [5, 5.41) is 24.3. The maximum atomic E-state index is 13.3. The zero-order valence-electron chi connectivity index (χ0n) is 21.9. The maximum Gasteiger partial charge on any atom is 0.416 e. The Morgan fingerprint density at radius 3 is 2.60 bits per heavy atom. The van der Waals surface area contributed by atoms with Gasteiger partial charge in [0, 0.05) is 25.6 Å². The number of ether oxygens (including phenoxy) is 1. The van der Waals surface area contributed by atoms with E-state index < -0.39 is 23.6 Å². The molecule has 1 aliphatic rings. The number of nitrogens with zero attached hydrogens (tertiary/aromatic N) is 2. The van der Waals surface area contributed by atoms with Gasteiger partial charge in [0.05, 0.1) is 37.3 Å². The molecule has 0 aliphatic carbocycles. The summed E-state index contributed by atoms with van der Waals surface area (Å²) in [6.07, 6.45) is -2.52. The molecule has 1 amide bonds. The van der Waals surface area contributed by atoms with E-state index >= 15 is 0 Å². The van der Waals surface area contributed by atoms with Gasteiger partial charge >= 0.3 is 12.1 Å². The molecule has 8 nitrogen and oxygen atoms in total. The van der Waals surface area contributed by atoms with Gasteiger partial charge in [-0.05, 0) is 65.9 Å². The van der Waals surface area contributed by atoms with Crippen molar-refractivity contribution in [3.63, 3.8) is 0 Å². The molecule has 212 valence electrons. The van der Waals surface area contributed by atoms with E-state index in [9.17, 15) is 33.1 Å². The summed E-state index contributed by atoms with van der Waals surface area (Å²) in [5.41, 5.74) is 2.30. The van der Waals surface area contributed by atoms with E-state index in [0.29, 0.717) is 36.7 Å². The van der Waals surface area contributed by atoms with E-state index in [1.165, 1.54) is 23.2 Å². The highest BCUT2D eigenvalue weighted by atomic mass is 19.4. The number of anilines is 1. The van der Waals surface area contributed by atoms with Gasteiger partial charge in [0.2, 0.25) is 5.91 Å². The Bertz CT molecular complexity index is 1360. The standard InChI is InChI=1S/C29H30F3N3O5/c1-19-9-11-35(39)26(13-19)33-10-2-12-40-25-8-5-21-14-22(16-27(36)37)28(38)34(18-23(21)15-25)17-20-3-6-24(7-4-20)29(30,31)32/h3-9,11,13,15,22,33H,2,10,12,14,16-18H2,1H3,(H,36,37). The number of alkyl halides is 3. The van der Waals surface area contributed by atoms with Crippen molar-refractivity contribution in [3.8, 4) is 5.75 Å². The number of amides is 1. The zero-order valence-corrected chi connectivity index (χ0v) is 21.9. The summed E-state index contributed by atoms with van der Waals surface area (Å²) < 4.78 is 45.5. The SMILES string of the molecule is Cc1cc[n+]([O-])c(NCCCOc2ccc3c(c2)CN(Cc2ccc(C(F)(F)F)cc2)C(=O)C(CC(=O)O)C3)c1. The second kappa shape index (κ2) is 12.3. The number of hydrogen-bond donors (Lipinski definition) is 2. The number of pyridine rings is 1. The summed E-state index contributed by atoms with van der Waals surface area (Å²) in [7, 11) is 0. The second-order valence-electron chi connectivity index (χ2n) is 9.86. The Kier molecular flexibility index (Phi) is 8.81. The highest BCUT2D eigenvalue weighted by molar-refractivity contribution is 5.84. The Morgan fingerprint density at radius 1 is 1.15 bits per heavy atom. The zero-order chi connectivity index (χ0) is 28.9. The van der Waals surface area contributed by atoms with Crippen molar-refractivity contribution in [2.24, 2.45) is 5.92 Å². The molecule has 0 bridgehead atoms. The molecule has 0 saturated carbocycles. The van der Waals surface area contributed by atoms with Crippen molar-refractivity contribution in [2.75, 3.05) is 18.5 Å². The predicted octanol–water partition coefficient (Wildman–Crippen LogP) is 4.70. The van der Waals surface area contributed by atoms with Gasteiger partial charge in [-0.15, -0.1) is 0 Å². The predicted molar refractivity (Wildman–Crippen MR) is 140 cm³/mol. The van der Waals surface area contributed by atoms with Crippen LogP contribution in [0.15, 0.2) is 60.8 Å². The first kappa shape index (κ1) is 28.7. The summed E-state index contributed by atoms with van der Waals surface area (Å²) in [6, 6.07) is 13.5. The normalized spacial score (nSPS) is 15.3. The lowest BCUT2D eigenvalue weighted by atomic mass is 9.94. The Labute approximate surface area is 229 Å². The van der Waals surface area contributed by atoms with Crippen LogP contribution in [0, 0.1) is 18.0 Å². The molecule has 2 N–H and O–H groups in total. The van der Waals surface area contributed by atoms with Gasteiger partial charge in [0.1, 0.15) is 5.75 Å². The summed E-state index contributed by atoms with van der Waals surface area (Å²) in [5.74, 6) is -1.22. The first-order valence-electron chi connectivity index (χ1n) is 12.8. The van der Waals surface area contributed by atoms with Crippen LogP contribution in [0.1, 0.15) is 40.7 Å². The average molecular weight is 558 g/mol. The number of rotatable bonds is 10. The van der Waals surface area contributed by atoms with Crippen LogP contribution in [0.2, 0.25) is 0 Å². The van der Waals surface area contributed by atoms with E-state index in [-0.39, 0.29) is 31.8 Å². The van der Waals surface area contributed by atoms with Crippen molar-refractivity contribution in [1.29, 1.82) is 0 Å². The van der Waals surface area contributed by atoms with Crippen LogP contribution >= 0.6 is 0 Å². The number of carbonyl (C=O) groups excluding carboxylic acids is 1. The van der Waals surface area contributed by atoms with Crippen LogP contribution < -0.4 is 14.8 Å². The van der Waals surface area contributed by atoms with E-state index in [0.717, 1.165) is 33.6 Å². The van der Waals surface area contributed by atoms with Gasteiger partial charge in [0.25, 0.3) is 5.82 Å². The fourth-order valence-electron chi connectivity index (χ4n) is 4.66. The molecular weight excluding hydrogens is 527 g/mol. The monoisotopic (exact) mass is 557 g/mol. The van der Waals surface area contributed by atoms with Crippen molar-refractivity contribution in [1.82, 2.24) is 4.90 Å². The third-order valence-corrected chi connectivity index (χ3v) is 6.71. The first-order chi connectivity index (χ1) is 19.0. The molecule has 1 atom stereocenters. The highest BCUT2D eigenvalue weighted by Crippen LogP contribution is 2.31. The van der Waals surface area contributed by atoms with Gasteiger partial charge in [-0.3, -0.25) is 14.9 Å². The van der Waals surface area contributed by atoms with E-state index in [2.05, 4.69) is 5.32 Å². The lowest BCUT2D eigenvalue weighted by Crippen LogP contribution is -2.35. The van der Waals surface area contributed by atoms with Gasteiger partial charge in [0.15, 0.2) is 0 Å². The number of halogens is 3. The Morgan fingerprint density at radius 2 is 1.90 bits per heavy atom. The van der Waals surface area contributed by atoms with E-state index in [4.69, 9.17) is 4.74 Å². The number of carboxylic acid groups (broad SMARTS) is 1. The number of benzene rings is 2. The number of carboxylic acids is 1. The molecule has 11 heteroatoms. The molecule has 0 radical (unpaired) electrons. The minimum absolute atomic E-state index is 0.0436. The minimum atomic E-state index is -4.46. The molecule has 2 heterocycles. The molecule has 0 saturated heterocycles. The highest BCUT2D eigenvalue weighted by Gasteiger charge is 2.32. The maximum absolute atomic E-state index is 13.3. The van der Waals surface area contributed by atoms with E-state index in [1.54, 1.807) is 18.2 Å². The van der Waals surface area contributed by atoms with Gasteiger partial charge in [-0.2, -0.15) is 13.2 Å². The molecule has 4 rings (SSSR count). The molecule has 40 heavy (non-hydrogen) atoms. The third-order valence-electron chi connectivity index (χ3n) is 6.71. The van der Waals surface area contributed by atoms with Gasteiger partial charge in [-0.1, -0.05) is 18.2 Å². The summed E-state index contributed by atoms with van der Waals surface area (Å²) in [4.78, 5) is 26.2. The lowest BCUT2D eigenvalue weighted by molar-refractivity contribution is -0.590. The molecule has 1 aromatic heterocycles. The second-order valence-corrected chi connectivity index (χ2v) is 9.86. The molecule has 0 spiro atoms. The van der Waals surface area contributed by atoms with Crippen LogP contribution in [-0.2, 0) is 35.3 Å². The topological polar surface area (TPSA) is 106 Å². The number of carbonyl (C=O) groups is 2. The first-order valence-corrected chi connectivity index (χ1v) is 12.8. The molecule has 3 aromatic rings. The molecule has 2 aromatic carbocycles. The summed E-state index contributed by atoms with van der Waals surface area (Å²) >= 11 is 0. The van der Waals surface area contributed by atoms with Crippen molar-refractivity contribution < 1.29 is 37.3 Å². The van der Waals surface area contributed by atoms with Gasteiger partial charge in [-0.25, -0.2) is 4.73 Å². The van der Waals surface area contributed by atoms with Crippen LogP contribution in [0.3, 0.4) is 0 Å². The molecule has 1 aliphatic heterocycles. The fraction of sp³-hybridized carbons (Fsp3) is 0.345. The van der Waals surface area contributed by atoms with Gasteiger partial charge < -0.3 is 20.0 Å². The Hall–Kier alpha value is -4.28. The quantitative estimate of drug-likeness (QED) is 0.213. The van der Waals surface area contributed by atoms with Crippen molar-refractivity contribution in [2.45, 2.75) is 45.5 Å². The van der Waals surface area contributed by atoms with Crippen LogP contribution in [0.5, 0.6) is 5.75 Å². The molecular formula is C29H30F3N3O5.